The van der Waals surface area contributed by atoms with Crippen LogP contribution in [0.25, 0.3) is 0 Å². The first-order valence-corrected chi connectivity index (χ1v) is 15.0. The summed E-state index contributed by atoms with van der Waals surface area (Å²) in [5.74, 6) is -1.18. The Hall–Kier alpha value is -3.86. The summed E-state index contributed by atoms with van der Waals surface area (Å²) < 4.78 is 69.2. The minimum Gasteiger partial charge on any atom is -0.352 e. The van der Waals surface area contributed by atoms with Gasteiger partial charge < -0.3 is 10.2 Å². The molecule has 0 fully saturated rings. The summed E-state index contributed by atoms with van der Waals surface area (Å²) in [5, 5.41) is 2.85. The molecule has 0 saturated heterocycles. The molecule has 1 N–H and O–H groups in total. The van der Waals surface area contributed by atoms with Crippen LogP contribution in [0.5, 0.6) is 0 Å². The van der Waals surface area contributed by atoms with Gasteiger partial charge in [-0.1, -0.05) is 55.0 Å². The maximum absolute atomic E-state index is 14.0. The van der Waals surface area contributed by atoms with Crippen molar-refractivity contribution in [1.29, 1.82) is 0 Å². The average Bonchev–Trinajstić information content (AvgIpc) is 2.94. The number of sulfonamides is 1. The van der Waals surface area contributed by atoms with Gasteiger partial charge in [-0.2, -0.15) is 13.2 Å². The average molecular weight is 604 g/mol. The van der Waals surface area contributed by atoms with Gasteiger partial charge in [-0.3, -0.25) is 13.9 Å². The van der Waals surface area contributed by atoms with Gasteiger partial charge in [-0.05, 0) is 75.6 Å². The van der Waals surface area contributed by atoms with Crippen LogP contribution in [0, 0.1) is 13.8 Å². The number of carbonyl (C=O) groups excluding carboxylic acids is 2. The monoisotopic (exact) mass is 603 g/mol. The van der Waals surface area contributed by atoms with Crippen LogP contribution in [-0.2, 0) is 32.3 Å². The zero-order valence-corrected chi connectivity index (χ0v) is 25.1. The molecule has 0 spiro atoms. The zero-order valence-electron chi connectivity index (χ0n) is 24.3. The highest BCUT2D eigenvalue weighted by Crippen LogP contribution is 2.33. The van der Waals surface area contributed by atoms with Crippen molar-refractivity contribution in [3.63, 3.8) is 0 Å². The van der Waals surface area contributed by atoms with Crippen LogP contribution < -0.4 is 9.62 Å². The number of nitrogens with one attached hydrogen (secondary N) is 1. The molecule has 0 bridgehead atoms. The molecule has 2 atom stereocenters. The number of rotatable bonds is 11. The van der Waals surface area contributed by atoms with Crippen molar-refractivity contribution in [2.24, 2.45) is 0 Å². The van der Waals surface area contributed by atoms with Gasteiger partial charge >= 0.3 is 6.18 Å². The lowest BCUT2D eigenvalue weighted by molar-refractivity contribution is -0.139. The molecule has 3 aromatic carbocycles. The number of benzene rings is 3. The SMILES string of the molecule is CC[C@H](C)NC(=O)[C@@H](C)N(Cc1ccccc1C)C(=O)CN(c1cccc(C(F)(F)F)c1)S(=O)(=O)c1ccc(C)cc1. The quantitative estimate of drug-likeness (QED) is 0.298. The van der Waals surface area contributed by atoms with Crippen LogP contribution in [0.1, 0.15) is 49.4 Å². The predicted octanol–water partition coefficient (Wildman–Crippen LogP) is 5.85. The van der Waals surface area contributed by atoms with Gasteiger partial charge in [0, 0.05) is 12.6 Å². The van der Waals surface area contributed by atoms with Crippen LogP contribution in [-0.4, -0.2) is 43.8 Å². The first kappa shape index (κ1) is 32.7. The highest BCUT2D eigenvalue weighted by atomic mass is 32.2. The molecule has 7 nitrogen and oxygen atoms in total. The maximum Gasteiger partial charge on any atom is 0.416 e. The number of carbonyl (C=O) groups is 2. The Kier molecular flexibility index (Phi) is 10.4. The number of halogens is 3. The smallest absolute Gasteiger partial charge is 0.352 e. The lowest BCUT2D eigenvalue weighted by atomic mass is 10.1. The van der Waals surface area contributed by atoms with Crippen LogP contribution >= 0.6 is 0 Å². The summed E-state index contributed by atoms with van der Waals surface area (Å²) in [7, 11) is -4.49. The van der Waals surface area contributed by atoms with E-state index in [0.29, 0.717) is 16.8 Å². The lowest BCUT2D eigenvalue weighted by Crippen LogP contribution is -2.52. The number of amides is 2. The number of hydrogen-bond donors (Lipinski definition) is 1. The molecule has 3 rings (SSSR count). The third-order valence-electron chi connectivity index (χ3n) is 7.12. The fraction of sp³-hybridized carbons (Fsp3) is 0.355. The van der Waals surface area contributed by atoms with Gasteiger partial charge in [-0.15, -0.1) is 0 Å². The summed E-state index contributed by atoms with van der Waals surface area (Å²) in [6.45, 7) is 8.03. The van der Waals surface area contributed by atoms with E-state index in [4.69, 9.17) is 0 Å². The van der Waals surface area contributed by atoms with E-state index in [1.54, 1.807) is 31.2 Å². The summed E-state index contributed by atoms with van der Waals surface area (Å²) in [5.41, 5.74) is 0.981. The molecule has 0 aromatic heterocycles. The standard InChI is InChI=1S/C31H36F3N3O4S/c1-6-23(4)35-30(39)24(5)36(19-25-11-8-7-10-22(25)3)29(38)20-37(27-13-9-12-26(18-27)31(32,33)34)42(40,41)28-16-14-21(2)15-17-28/h7-18,23-24H,6,19-20H2,1-5H3,(H,35,39)/t23-,24+/m0/s1. The Morgan fingerprint density at radius 3 is 2.17 bits per heavy atom. The van der Waals surface area contributed by atoms with Gasteiger partial charge in [0.1, 0.15) is 12.6 Å². The molecule has 3 aromatic rings. The first-order valence-electron chi connectivity index (χ1n) is 13.6. The van der Waals surface area contributed by atoms with Gasteiger partial charge in [0.25, 0.3) is 10.0 Å². The Morgan fingerprint density at radius 1 is 0.929 bits per heavy atom. The second-order valence-corrected chi connectivity index (χ2v) is 12.2. The number of alkyl halides is 3. The Labute approximate surface area is 245 Å². The molecular formula is C31H36F3N3O4S. The van der Waals surface area contributed by atoms with E-state index >= 15 is 0 Å². The molecule has 0 heterocycles. The Balaban J connectivity index is 2.10. The molecule has 0 aliphatic rings. The van der Waals surface area contributed by atoms with Crippen molar-refractivity contribution in [3.8, 4) is 0 Å². The van der Waals surface area contributed by atoms with E-state index in [1.165, 1.54) is 30.0 Å². The van der Waals surface area contributed by atoms with Crippen molar-refractivity contribution in [2.45, 2.75) is 70.7 Å². The van der Waals surface area contributed by atoms with Gasteiger partial charge in [0.2, 0.25) is 11.8 Å². The van der Waals surface area contributed by atoms with Crippen molar-refractivity contribution in [3.05, 3.63) is 95.1 Å². The van der Waals surface area contributed by atoms with Crippen molar-refractivity contribution in [2.75, 3.05) is 10.8 Å². The number of anilines is 1. The predicted molar refractivity (Wildman–Crippen MR) is 156 cm³/mol. The van der Waals surface area contributed by atoms with E-state index in [0.717, 1.165) is 28.8 Å². The maximum atomic E-state index is 14.0. The minimum atomic E-state index is -4.74. The summed E-state index contributed by atoms with van der Waals surface area (Å²) >= 11 is 0. The highest BCUT2D eigenvalue weighted by Gasteiger charge is 2.35. The Bertz CT molecular complexity index is 1510. The molecule has 0 aliphatic carbocycles. The molecule has 0 aliphatic heterocycles. The zero-order chi connectivity index (χ0) is 31.2. The van der Waals surface area contributed by atoms with Gasteiger partial charge in [-0.25, -0.2) is 8.42 Å². The molecule has 0 radical (unpaired) electrons. The molecule has 226 valence electrons. The molecule has 11 heteroatoms. The fourth-order valence-corrected chi connectivity index (χ4v) is 5.63. The van der Waals surface area contributed by atoms with Crippen molar-refractivity contribution >= 4 is 27.5 Å². The molecule has 2 amide bonds. The topological polar surface area (TPSA) is 86.8 Å². The van der Waals surface area contributed by atoms with Crippen LogP contribution in [0.4, 0.5) is 18.9 Å². The van der Waals surface area contributed by atoms with Gasteiger partial charge in [0.05, 0.1) is 16.1 Å². The van der Waals surface area contributed by atoms with Crippen LogP contribution in [0.3, 0.4) is 0 Å². The van der Waals surface area contributed by atoms with Crippen molar-refractivity contribution in [1.82, 2.24) is 10.2 Å². The van der Waals surface area contributed by atoms with E-state index in [2.05, 4.69) is 5.32 Å². The number of hydrogen-bond acceptors (Lipinski definition) is 4. The number of aryl methyl sites for hydroxylation is 2. The van der Waals surface area contributed by atoms with Crippen molar-refractivity contribution < 1.29 is 31.2 Å². The van der Waals surface area contributed by atoms with E-state index in [9.17, 15) is 31.2 Å². The van der Waals surface area contributed by atoms with Gasteiger partial charge in [0.15, 0.2) is 0 Å². The van der Waals surface area contributed by atoms with Crippen LogP contribution in [0.2, 0.25) is 0 Å². The summed E-state index contributed by atoms with van der Waals surface area (Å²) in [4.78, 5) is 28.2. The third-order valence-corrected chi connectivity index (χ3v) is 8.91. The lowest BCUT2D eigenvalue weighted by Gasteiger charge is -2.33. The second kappa shape index (κ2) is 13.4. The van der Waals surface area contributed by atoms with E-state index < -0.39 is 46.2 Å². The fourth-order valence-electron chi connectivity index (χ4n) is 4.22. The molecule has 42 heavy (non-hydrogen) atoms. The summed E-state index contributed by atoms with van der Waals surface area (Å²) in [6, 6.07) is 15.7. The second-order valence-electron chi connectivity index (χ2n) is 10.3. The normalized spacial score (nSPS) is 13.2. The third kappa shape index (κ3) is 7.90. The van der Waals surface area contributed by atoms with E-state index in [-0.39, 0.29) is 23.2 Å². The van der Waals surface area contributed by atoms with E-state index in [1.807, 2.05) is 32.9 Å². The summed E-state index contributed by atoms with van der Waals surface area (Å²) in [6.07, 6.45) is -4.08. The largest absolute Gasteiger partial charge is 0.416 e. The molecule has 0 unspecified atom stereocenters. The molecule has 0 saturated carbocycles. The first-order chi connectivity index (χ1) is 19.6. The van der Waals surface area contributed by atoms with Crippen LogP contribution in [0.15, 0.2) is 77.7 Å². The number of nitrogens with zero attached hydrogens (tertiary/aromatic N) is 2. The molecular weight excluding hydrogens is 567 g/mol. The minimum absolute atomic E-state index is 0.0123. The highest BCUT2D eigenvalue weighted by molar-refractivity contribution is 7.92. The Morgan fingerprint density at radius 2 is 1.57 bits per heavy atom.